The quantitative estimate of drug-likeness (QED) is 0.492. The van der Waals surface area contributed by atoms with E-state index < -0.39 is 10.0 Å². The van der Waals surface area contributed by atoms with Crippen LogP contribution in [-0.4, -0.2) is 71.0 Å². The van der Waals surface area contributed by atoms with Gasteiger partial charge in [-0.05, 0) is 37.3 Å². The van der Waals surface area contributed by atoms with E-state index >= 15 is 0 Å². The third kappa shape index (κ3) is 5.52. The number of anilines is 1. The summed E-state index contributed by atoms with van der Waals surface area (Å²) in [4.78, 5) is 0.185. The highest BCUT2D eigenvalue weighted by Crippen LogP contribution is 2.29. The first kappa shape index (κ1) is 20.8. The molecule has 26 heavy (non-hydrogen) atoms. The molecule has 1 heterocycles. The molecule has 146 valence electrons. The second kappa shape index (κ2) is 10.0. The summed E-state index contributed by atoms with van der Waals surface area (Å²) in [5.74, 6) is 0.532. The molecule has 0 bridgehead atoms. The van der Waals surface area contributed by atoms with Gasteiger partial charge < -0.3 is 24.8 Å². The van der Waals surface area contributed by atoms with E-state index in [4.69, 9.17) is 26.4 Å². The molecule has 2 rings (SSSR count). The molecule has 0 atom stereocenters. The summed E-state index contributed by atoms with van der Waals surface area (Å²) in [5.41, 5.74) is 0.496. The number of nitrogens with one attached hydrogen (secondary N) is 2. The monoisotopic (exact) mass is 403 g/mol. The Morgan fingerprint density at radius 2 is 2.08 bits per heavy atom. The van der Waals surface area contributed by atoms with Crippen LogP contribution in [0.5, 0.6) is 5.75 Å². The van der Waals surface area contributed by atoms with Crippen molar-refractivity contribution < 1.29 is 22.6 Å². The first-order valence-electron chi connectivity index (χ1n) is 8.37. The van der Waals surface area contributed by atoms with Gasteiger partial charge in [0.2, 0.25) is 10.0 Å². The number of benzene rings is 1. The van der Waals surface area contributed by atoms with Crippen molar-refractivity contribution in [1.29, 1.82) is 0 Å². The molecule has 0 unspecified atom stereocenters. The van der Waals surface area contributed by atoms with Gasteiger partial charge in [-0.15, -0.1) is 0 Å². The van der Waals surface area contributed by atoms with Crippen molar-refractivity contribution >= 4 is 33.0 Å². The summed E-state index contributed by atoms with van der Waals surface area (Å²) in [5, 5.41) is 6.35. The summed E-state index contributed by atoms with van der Waals surface area (Å²) in [6.07, 6.45) is 0. The van der Waals surface area contributed by atoms with E-state index in [2.05, 4.69) is 10.6 Å². The first-order chi connectivity index (χ1) is 12.5. The Bertz CT molecular complexity index is 706. The van der Waals surface area contributed by atoms with Crippen molar-refractivity contribution in [1.82, 2.24) is 9.62 Å². The zero-order valence-electron chi connectivity index (χ0n) is 15.0. The SMILES string of the molecule is CCOc1ccc(S(=O)(=O)N2CCOCC2)cc1NC(=S)NCCOC. The number of nitrogens with zero attached hydrogens (tertiary/aromatic N) is 1. The Labute approximate surface area is 159 Å². The topological polar surface area (TPSA) is 89.1 Å². The Balaban J connectivity index is 2.22. The maximum absolute atomic E-state index is 12.8. The van der Waals surface area contributed by atoms with Gasteiger partial charge in [-0.25, -0.2) is 8.42 Å². The van der Waals surface area contributed by atoms with Crippen molar-refractivity contribution in [2.75, 3.05) is 58.5 Å². The minimum atomic E-state index is -3.60. The minimum Gasteiger partial charge on any atom is -0.492 e. The summed E-state index contributed by atoms with van der Waals surface area (Å²) in [6.45, 7) is 4.84. The predicted molar refractivity (Wildman–Crippen MR) is 103 cm³/mol. The lowest BCUT2D eigenvalue weighted by atomic mass is 10.3. The number of rotatable bonds is 8. The van der Waals surface area contributed by atoms with E-state index in [0.29, 0.717) is 62.6 Å². The minimum absolute atomic E-state index is 0.185. The Morgan fingerprint density at radius 1 is 1.35 bits per heavy atom. The fourth-order valence-corrected chi connectivity index (χ4v) is 4.06. The Kier molecular flexibility index (Phi) is 8.04. The molecule has 8 nitrogen and oxygen atoms in total. The molecule has 1 saturated heterocycles. The van der Waals surface area contributed by atoms with Crippen LogP contribution >= 0.6 is 12.2 Å². The number of hydrogen-bond acceptors (Lipinski definition) is 6. The normalized spacial score (nSPS) is 15.5. The van der Waals surface area contributed by atoms with Crippen LogP contribution in [0.4, 0.5) is 5.69 Å². The summed E-state index contributed by atoms with van der Waals surface area (Å²) in [7, 11) is -2.00. The van der Waals surface area contributed by atoms with Crippen LogP contribution < -0.4 is 15.4 Å². The van der Waals surface area contributed by atoms with Crippen molar-refractivity contribution in [3.63, 3.8) is 0 Å². The highest BCUT2D eigenvalue weighted by molar-refractivity contribution is 7.89. The summed E-state index contributed by atoms with van der Waals surface area (Å²) in [6, 6.07) is 4.72. The Morgan fingerprint density at radius 3 is 2.73 bits per heavy atom. The highest BCUT2D eigenvalue weighted by atomic mass is 32.2. The molecule has 1 aromatic rings. The average Bonchev–Trinajstić information content (AvgIpc) is 2.64. The molecule has 0 radical (unpaired) electrons. The molecule has 2 N–H and O–H groups in total. The van der Waals surface area contributed by atoms with Crippen molar-refractivity contribution in [2.24, 2.45) is 0 Å². The van der Waals surface area contributed by atoms with Gasteiger partial charge in [0, 0.05) is 26.7 Å². The third-order valence-electron chi connectivity index (χ3n) is 3.70. The molecular formula is C16H25N3O5S2. The van der Waals surface area contributed by atoms with Gasteiger partial charge in [0.05, 0.1) is 37.0 Å². The van der Waals surface area contributed by atoms with Gasteiger partial charge in [-0.3, -0.25) is 0 Å². The first-order valence-corrected chi connectivity index (χ1v) is 10.2. The highest BCUT2D eigenvalue weighted by Gasteiger charge is 2.27. The molecule has 0 saturated carbocycles. The number of ether oxygens (including phenoxy) is 3. The molecular weight excluding hydrogens is 378 g/mol. The smallest absolute Gasteiger partial charge is 0.243 e. The molecule has 0 aromatic heterocycles. The van der Waals surface area contributed by atoms with Crippen LogP contribution in [0.2, 0.25) is 0 Å². The maximum atomic E-state index is 12.8. The van der Waals surface area contributed by atoms with Crippen LogP contribution in [0.15, 0.2) is 23.1 Å². The van der Waals surface area contributed by atoms with Crippen LogP contribution in [0.3, 0.4) is 0 Å². The van der Waals surface area contributed by atoms with E-state index in [1.54, 1.807) is 25.3 Å². The van der Waals surface area contributed by atoms with E-state index in [0.717, 1.165) is 0 Å². The van der Waals surface area contributed by atoms with Crippen molar-refractivity contribution in [3.8, 4) is 5.75 Å². The zero-order chi connectivity index (χ0) is 19.0. The summed E-state index contributed by atoms with van der Waals surface area (Å²) >= 11 is 5.25. The van der Waals surface area contributed by atoms with E-state index in [-0.39, 0.29) is 4.90 Å². The molecule has 0 spiro atoms. The van der Waals surface area contributed by atoms with Gasteiger partial charge in [0.25, 0.3) is 0 Å². The fraction of sp³-hybridized carbons (Fsp3) is 0.562. The second-order valence-electron chi connectivity index (χ2n) is 5.48. The van der Waals surface area contributed by atoms with Gasteiger partial charge in [0.1, 0.15) is 5.75 Å². The van der Waals surface area contributed by atoms with E-state index in [9.17, 15) is 8.42 Å². The molecule has 0 aliphatic carbocycles. The Hall–Kier alpha value is -1.46. The second-order valence-corrected chi connectivity index (χ2v) is 7.83. The van der Waals surface area contributed by atoms with Crippen molar-refractivity contribution in [2.45, 2.75) is 11.8 Å². The van der Waals surface area contributed by atoms with E-state index in [1.807, 2.05) is 6.92 Å². The van der Waals surface area contributed by atoms with Gasteiger partial charge >= 0.3 is 0 Å². The number of thiocarbonyl (C=S) groups is 1. The van der Waals surface area contributed by atoms with Gasteiger partial charge in [0.15, 0.2) is 5.11 Å². The standard InChI is InChI=1S/C16H25N3O5S2/c1-3-24-15-5-4-13(26(20,21)19-7-10-23-11-8-19)12-14(15)18-16(25)17-6-9-22-2/h4-5,12H,3,6-11H2,1-2H3,(H2,17,18,25). The van der Waals surface area contributed by atoms with Crippen LogP contribution in [0, 0.1) is 0 Å². The average molecular weight is 404 g/mol. The summed E-state index contributed by atoms with van der Waals surface area (Å²) < 4.78 is 42.9. The maximum Gasteiger partial charge on any atom is 0.243 e. The van der Waals surface area contributed by atoms with Crippen LogP contribution in [0.1, 0.15) is 6.92 Å². The molecule has 10 heteroatoms. The molecule has 1 aliphatic heterocycles. The van der Waals surface area contributed by atoms with Crippen LogP contribution in [0.25, 0.3) is 0 Å². The largest absolute Gasteiger partial charge is 0.492 e. The number of morpholine rings is 1. The zero-order valence-corrected chi connectivity index (χ0v) is 16.6. The van der Waals surface area contributed by atoms with E-state index in [1.165, 1.54) is 4.31 Å². The molecule has 1 aromatic carbocycles. The molecule has 0 amide bonds. The third-order valence-corrected chi connectivity index (χ3v) is 5.84. The number of hydrogen-bond donors (Lipinski definition) is 2. The number of sulfonamides is 1. The lowest BCUT2D eigenvalue weighted by Crippen LogP contribution is -2.40. The fourth-order valence-electron chi connectivity index (χ4n) is 2.42. The molecule has 1 aliphatic rings. The lowest BCUT2D eigenvalue weighted by molar-refractivity contribution is 0.0730. The van der Waals surface area contributed by atoms with Gasteiger partial charge in [-0.1, -0.05) is 0 Å². The predicted octanol–water partition coefficient (Wildman–Crippen LogP) is 1.04. The molecule has 1 fully saturated rings. The van der Waals surface area contributed by atoms with Crippen LogP contribution in [-0.2, 0) is 19.5 Å². The lowest BCUT2D eigenvalue weighted by Gasteiger charge is -2.26. The number of methoxy groups -OCH3 is 1. The van der Waals surface area contributed by atoms with Gasteiger partial charge in [-0.2, -0.15) is 4.31 Å². The van der Waals surface area contributed by atoms with Crippen molar-refractivity contribution in [3.05, 3.63) is 18.2 Å².